The molecule has 0 saturated heterocycles. The van der Waals surface area contributed by atoms with Crippen LogP contribution in [0, 0.1) is 0 Å². The van der Waals surface area contributed by atoms with Gasteiger partial charge in [0, 0.05) is 10.9 Å². The van der Waals surface area contributed by atoms with Gasteiger partial charge in [0.15, 0.2) is 0 Å². The van der Waals surface area contributed by atoms with Crippen molar-refractivity contribution in [2.24, 2.45) is 0 Å². The smallest absolute Gasteiger partial charge is 0.247 e. The van der Waals surface area contributed by atoms with Crippen molar-refractivity contribution in [1.29, 1.82) is 0 Å². The molecular weight excluding hydrogens is 232 g/mol. The standard InChI is InChI=1S/C9H7BrN2O/c10-5-7-3-1-2-4-8(7)9-12-11-6-13-9/h1-4,6H,5H2. The number of rotatable bonds is 2. The number of hydrogen-bond acceptors (Lipinski definition) is 3. The summed E-state index contributed by atoms with van der Waals surface area (Å²) in [6, 6.07) is 7.92. The summed E-state index contributed by atoms with van der Waals surface area (Å²) in [4.78, 5) is 0. The van der Waals surface area contributed by atoms with Crippen LogP contribution in [0.15, 0.2) is 35.1 Å². The van der Waals surface area contributed by atoms with Gasteiger partial charge in [-0.05, 0) is 11.6 Å². The summed E-state index contributed by atoms with van der Waals surface area (Å²) in [6.45, 7) is 0. The lowest BCUT2D eigenvalue weighted by atomic mass is 10.1. The van der Waals surface area contributed by atoms with Gasteiger partial charge in [0.1, 0.15) is 0 Å². The van der Waals surface area contributed by atoms with Crippen LogP contribution in [0.3, 0.4) is 0 Å². The Morgan fingerprint density at radius 1 is 1.31 bits per heavy atom. The summed E-state index contributed by atoms with van der Waals surface area (Å²) in [7, 11) is 0. The van der Waals surface area contributed by atoms with E-state index < -0.39 is 0 Å². The van der Waals surface area contributed by atoms with Gasteiger partial charge >= 0.3 is 0 Å². The van der Waals surface area contributed by atoms with Gasteiger partial charge in [-0.1, -0.05) is 34.1 Å². The third-order valence-electron chi connectivity index (χ3n) is 1.75. The highest BCUT2D eigenvalue weighted by Gasteiger charge is 2.07. The van der Waals surface area contributed by atoms with E-state index in [0.29, 0.717) is 5.89 Å². The van der Waals surface area contributed by atoms with E-state index in [-0.39, 0.29) is 0 Å². The fraction of sp³-hybridized carbons (Fsp3) is 0.111. The second-order valence-corrected chi connectivity index (χ2v) is 3.10. The van der Waals surface area contributed by atoms with Crippen LogP contribution in [-0.2, 0) is 5.33 Å². The zero-order chi connectivity index (χ0) is 9.10. The number of halogens is 1. The van der Waals surface area contributed by atoms with E-state index in [1.54, 1.807) is 0 Å². The van der Waals surface area contributed by atoms with Gasteiger partial charge in [0.25, 0.3) is 0 Å². The lowest BCUT2D eigenvalue weighted by Crippen LogP contribution is -1.85. The molecule has 0 fully saturated rings. The highest BCUT2D eigenvalue weighted by atomic mass is 79.9. The molecular formula is C9H7BrN2O. The molecule has 0 aliphatic heterocycles. The molecule has 2 rings (SSSR count). The lowest BCUT2D eigenvalue weighted by molar-refractivity contribution is 0.568. The van der Waals surface area contributed by atoms with E-state index in [2.05, 4.69) is 26.1 Å². The maximum Gasteiger partial charge on any atom is 0.247 e. The molecule has 0 N–H and O–H groups in total. The van der Waals surface area contributed by atoms with Gasteiger partial charge in [-0.15, -0.1) is 10.2 Å². The van der Waals surface area contributed by atoms with Crippen molar-refractivity contribution in [1.82, 2.24) is 10.2 Å². The van der Waals surface area contributed by atoms with Crippen LogP contribution < -0.4 is 0 Å². The third kappa shape index (κ3) is 1.62. The molecule has 0 unspecified atom stereocenters. The molecule has 0 saturated carbocycles. The number of benzene rings is 1. The lowest BCUT2D eigenvalue weighted by Gasteiger charge is -2.00. The minimum atomic E-state index is 0.565. The van der Waals surface area contributed by atoms with E-state index >= 15 is 0 Å². The van der Waals surface area contributed by atoms with E-state index in [1.165, 1.54) is 6.39 Å². The molecule has 0 radical (unpaired) electrons. The SMILES string of the molecule is BrCc1ccccc1-c1nnco1. The van der Waals surface area contributed by atoms with Gasteiger partial charge in [0.2, 0.25) is 12.3 Å². The van der Waals surface area contributed by atoms with Crippen molar-refractivity contribution in [2.75, 3.05) is 0 Å². The molecule has 1 heterocycles. The normalized spacial score (nSPS) is 10.2. The minimum Gasteiger partial charge on any atom is -0.423 e. The van der Waals surface area contributed by atoms with Crippen LogP contribution in [0.1, 0.15) is 5.56 Å². The maximum atomic E-state index is 5.12. The molecule has 0 bridgehead atoms. The van der Waals surface area contributed by atoms with Crippen molar-refractivity contribution in [2.45, 2.75) is 5.33 Å². The number of hydrogen-bond donors (Lipinski definition) is 0. The predicted molar refractivity (Wildman–Crippen MR) is 52.4 cm³/mol. The van der Waals surface area contributed by atoms with Crippen molar-refractivity contribution in [3.8, 4) is 11.5 Å². The molecule has 1 aromatic heterocycles. The molecule has 4 heteroatoms. The van der Waals surface area contributed by atoms with Gasteiger partial charge in [-0.3, -0.25) is 0 Å². The van der Waals surface area contributed by atoms with Crippen LogP contribution in [0.25, 0.3) is 11.5 Å². The zero-order valence-corrected chi connectivity index (χ0v) is 8.36. The highest BCUT2D eigenvalue weighted by molar-refractivity contribution is 9.08. The van der Waals surface area contributed by atoms with E-state index in [0.717, 1.165) is 16.5 Å². The largest absolute Gasteiger partial charge is 0.423 e. The third-order valence-corrected chi connectivity index (χ3v) is 2.36. The summed E-state index contributed by atoms with van der Waals surface area (Å²) in [5.74, 6) is 0.565. The fourth-order valence-corrected chi connectivity index (χ4v) is 1.62. The first kappa shape index (κ1) is 8.44. The van der Waals surface area contributed by atoms with Crippen molar-refractivity contribution < 1.29 is 4.42 Å². The molecule has 0 atom stereocenters. The maximum absolute atomic E-state index is 5.12. The van der Waals surface area contributed by atoms with Gasteiger partial charge in [-0.2, -0.15) is 0 Å². The second kappa shape index (κ2) is 3.70. The summed E-state index contributed by atoms with van der Waals surface area (Å²) in [5.41, 5.74) is 2.13. The number of nitrogens with zero attached hydrogens (tertiary/aromatic N) is 2. The molecule has 2 aromatic rings. The van der Waals surface area contributed by atoms with Crippen LogP contribution in [-0.4, -0.2) is 10.2 Å². The topological polar surface area (TPSA) is 38.9 Å². The van der Waals surface area contributed by atoms with Crippen molar-refractivity contribution in [3.63, 3.8) is 0 Å². The van der Waals surface area contributed by atoms with E-state index in [1.807, 2.05) is 24.3 Å². The average Bonchev–Trinajstić information content (AvgIpc) is 2.70. The first-order valence-electron chi connectivity index (χ1n) is 3.82. The number of aromatic nitrogens is 2. The average molecular weight is 239 g/mol. The monoisotopic (exact) mass is 238 g/mol. The van der Waals surface area contributed by atoms with Crippen LogP contribution in [0.5, 0.6) is 0 Å². The fourth-order valence-electron chi connectivity index (χ4n) is 1.14. The highest BCUT2D eigenvalue weighted by Crippen LogP contribution is 2.22. The van der Waals surface area contributed by atoms with Gasteiger partial charge < -0.3 is 4.42 Å². The second-order valence-electron chi connectivity index (χ2n) is 2.53. The molecule has 1 aromatic carbocycles. The Bertz CT molecular complexity index is 386. The summed E-state index contributed by atoms with van der Waals surface area (Å²) >= 11 is 3.40. The molecule has 3 nitrogen and oxygen atoms in total. The van der Waals surface area contributed by atoms with Gasteiger partial charge in [0.05, 0.1) is 0 Å². The van der Waals surface area contributed by atoms with Crippen LogP contribution in [0.2, 0.25) is 0 Å². The summed E-state index contributed by atoms with van der Waals surface area (Å²) in [5, 5.41) is 8.28. The zero-order valence-electron chi connectivity index (χ0n) is 6.77. The van der Waals surface area contributed by atoms with Crippen molar-refractivity contribution in [3.05, 3.63) is 36.2 Å². The molecule has 0 amide bonds. The molecule has 66 valence electrons. The molecule has 0 spiro atoms. The minimum absolute atomic E-state index is 0.565. The molecule has 0 aliphatic carbocycles. The summed E-state index contributed by atoms with van der Waals surface area (Å²) in [6.07, 6.45) is 1.33. The first-order chi connectivity index (χ1) is 6.42. The Labute approximate surface area is 83.9 Å². The quantitative estimate of drug-likeness (QED) is 0.756. The Kier molecular flexibility index (Phi) is 2.40. The predicted octanol–water partition coefficient (Wildman–Crippen LogP) is 2.63. The Morgan fingerprint density at radius 3 is 2.85 bits per heavy atom. The Morgan fingerprint density at radius 2 is 2.15 bits per heavy atom. The Balaban J connectivity index is 2.51. The molecule has 0 aliphatic rings. The Hall–Kier alpha value is -1.16. The van der Waals surface area contributed by atoms with E-state index in [4.69, 9.17) is 4.42 Å². The summed E-state index contributed by atoms with van der Waals surface area (Å²) < 4.78 is 5.12. The van der Waals surface area contributed by atoms with Crippen LogP contribution >= 0.6 is 15.9 Å². The van der Waals surface area contributed by atoms with Gasteiger partial charge in [-0.25, -0.2) is 0 Å². The van der Waals surface area contributed by atoms with Crippen molar-refractivity contribution >= 4 is 15.9 Å². The number of alkyl halides is 1. The van der Waals surface area contributed by atoms with Crippen LogP contribution in [0.4, 0.5) is 0 Å². The van der Waals surface area contributed by atoms with E-state index in [9.17, 15) is 0 Å². The first-order valence-corrected chi connectivity index (χ1v) is 4.94. The molecule has 13 heavy (non-hydrogen) atoms.